The Kier molecular flexibility index (Phi) is 4.53. The maximum Gasteiger partial charge on any atom is 0.327 e. The molecule has 2 heterocycles. The smallest absolute Gasteiger partial charge is 0.327 e. The van der Waals surface area contributed by atoms with Crippen LogP contribution in [0.4, 0.5) is 4.79 Å². The molecule has 110 valence electrons. The molecule has 0 radical (unpaired) electrons. The number of aromatic nitrogens is 2. The molecule has 0 aliphatic carbocycles. The highest BCUT2D eigenvalue weighted by atomic mass is 32.2. The molecule has 7 nitrogen and oxygen atoms in total. The van der Waals surface area contributed by atoms with E-state index in [1.54, 1.807) is 6.20 Å². The van der Waals surface area contributed by atoms with Crippen molar-refractivity contribution in [2.24, 2.45) is 0 Å². The monoisotopic (exact) mass is 298 g/mol. The Morgan fingerprint density at radius 3 is 2.95 bits per heavy atom. The van der Waals surface area contributed by atoms with Crippen LogP contribution in [0, 0.1) is 6.92 Å². The maximum absolute atomic E-state index is 12.2. The molecule has 2 rings (SSSR count). The SMILES string of the molecule is CCC1SCC(C(=O)O)N1C(=O)NCc1cn[nH]c1C. The fourth-order valence-electron chi connectivity index (χ4n) is 2.16. The number of thioether (sulfide) groups is 1. The molecule has 1 fully saturated rings. The van der Waals surface area contributed by atoms with Crippen LogP contribution < -0.4 is 5.32 Å². The van der Waals surface area contributed by atoms with Crippen LogP contribution in [0.15, 0.2) is 6.20 Å². The fraction of sp³-hybridized carbons (Fsp3) is 0.583. The largest absolute Gasteiger partial charge is 0.480 e. The molecule has 8 heteroatoms. The van der Waals surface area contributed by atoms with Crippen molar-refractivity contribution < 1.29 is 14.7 Å². The van der Waals surface area contributed by atoms with Gasteiger partial charge in [-0.1, -0.05) is 6.92 Å². The van der Waals surface area contributed by atoms with E-state index in [4.69, 9.17) is 0 Å². The van der Waals surface area contributed by atoms with Crippen LogP contribution in [0.1, 0.15) is 24.6 Å². The molecule has 1 aliphatic heterocycles. The summed E-state index contributed by atoms with van der Waals surface area (Å²) in [6, 6.07) is -1.09. The lowest BCUT2D eigenvalue weighted by molar-refractivity contribution is -0.141. The van der Waals surface area contributed by atoms with E-state index in [1.807, 2.05) is 13.8 Å². The van der Waals surface area contributed by atoms with Crippen LogP contribution in [-0.2, 0) is 11.3 Å². The highest BCUT2D eigenvalue weighted by Crippen LogP contribution is 2.31. The van der Waals surface area contributed by atoms with Gasteiger partial charge in [0.2, 0.25) is 0 Å². The van der Waals surface area contributed by atoms with Crippen molar-refractivity contribution in [1.29, 1.82) is 0 Å². The number of aromatic amines is 1. The van der Waals surface area contributed by atoms with E-state index in [-0.39, 0.29) is 11.4 Å². The van der Waals surface area contributed by atoms with Gasteiger partial charge in [-0.3, -0.25) is 10.00 Å². The van der Waals surface area contributed by atoms with Gasteiger partial charge in [-0.2, -0.15) is 5.10 Å². The van der Waals surface area contributed by atoms with Crippen molar-refractivity contribution in [1.82, 2.24) is 20.4 Å². The standard InChI is InChI=1S/C12H18N4O3S/c1-3-10-16(9(6-20-10)11(17)18)12(19)13-4-8-5-14-15-7(8)2/h5,9-10H,3-4,6H2,1-2H3,(H,13,19)(H,14,15)(H,17,18). The van der Waals surface area contributed by atoms with Gasteiger partial charge < -0.3 is 10.4 Å². The number of amides is 2. The first-order chi connectivity index (χ1) is 9.54. The lowest BCUT2D eigenvalue weighted by Gasteiger charge is -2.26. The molecule has 1 aromatic heterocycles. The third-order valence-electron chi connectivity index (χ3n) is 3.33. The Hall–Kier alpha value is -1.70. The average Bonchev–Trinajstić information content (AvgIpc) is 3.01. The molecule has 3 N–H and O–H groups in total. The summed E-state index contributed by atoms with van der Waals surface area (Å²) in [5, 5.41) is 18.6. The van der Waals surface area contributed by atoms with E-state index >= 15 is 0 Å². The maximum atomic E-state index is 12.2. The van der Waals surface area contributed by atoms with E-state index in [9.17, 15) is 14.7 Å². The number of carbonyl (C=O) groups excluding carboxylic acids is 1. The van der Waals surface area contributed by atoms with Crippen molar-refractivity contribution in [3.63, 3.8) is 0 Å². The Labute approximate surface area is 121 Å². The quantitative estimate of drug-likeness (QED) is 0.775. The third kappa shape index (κ3) is 2.90. The van der Waals surface area contributed by atoms with Crippen molar-refractivity contribution >= 4 is 23.8 Å². The highest BCUT2D eigenvalue weighted by molar-refractivity contribution is 8.00. The van der Waals surface area contributed by atoms with Gasteiger partial charge in [0.25, 0.3) is 0 Å². The first kappa shape index (κ1) is 14.7. The molecular weight excluding hydrogens is 280 g/mol. The van der Waals surface area contributed by atoms with Crippen LogP contribution in [-0.4, -0.2) is 49.4 Å². The first-order valence-electron chi connectivity index (χ1n) is 6.44. The summed E-state index contributed by atoms with van der Waals surface area (Å²) in [5.74, 6) is -0.519. The Morgan fingerprint density at radius 1 is 1.65 bits per heavy atom. The minimum absolute atomic E-state index is 0.0819. The molecule has 20 heavy (non-hydrogen) atoms. The zero-order valence-electron chi connectivity index (χ0n) is 11.4. The molecule has 2 unspecified atom stereocenters. The number of carboxylic acid groups (broad SMARTS) is 1. The van der Waals surface area contributed by atoms with Gasteiger partial charge in [0.05, 0.1) is 11.6 Å². The summed E-state index contributed by atoms with van der Waals surface area (Å²) in [5.41, 5.74) is 1.79. The number of aryl methyl sites for hydroxylation is 1. The molecule has 0 bridgehead atoms. The zero-order valence-corrected chi connectivity index (χ0v) is 12.2. The minimum Gasteiger partial charge on any atom is -0.480 e. The predicted molar refractivity (Wildman–Crippen MR) is 75.4 cm³/mol. The fourth-order valence-corrected chi connectivity index (χ4v) is 3.50. The molecule has 0 aromatic carbocycles. The van der Waals surface area contributed by atoms with E-state index in [0.717, 1.165) is 17.7 Å². The van der Waals surface area contributed by atoms with E-state index in [2.05, 4.69) is 15.5 Å². The second-order valence-electron chi connectivity index (χ2n) is 4.64. The van der Waals surface area contributed by atoms with E-state index < -0.39 is 12.0 Å². The molecule has 2 amide bonds. The molecule has 1 aromatic rings. The first-order valence-corrected chi connectivity index (χ1v) is 7.48. The van der Waals surface area contributed by atoms with Gasteiger partial charge >= 0.3 is 12.0 Å². The van der Waals surface area contributed by atoms with Crippen molar-refractivity contribution in [3.8, 4) is 0 Å². The Morgan fingerprint density at radius 2 is 2.40 bits per heavy atom. The lowest BCUT2D eigenvalue weighted by Crippen LogP contribution is -2.49. The number of urea groups is 1. The number of carbonyl (C=O) groups is 2. The van der Waals surface area contributed by atoms with Crippen molar-refractivity contribution in [3.05, 3.63) is 17.5 Å². The zero-order chi connectivity index (χ0) is 14.7. The normalized spacial score (nSPS) is 22.0. The number of hydrogen-bond acceptors (Lipinski definition) is 4. The van der Waals surface area contributed by atoms with E-state index in [0.29, 0.717) is 12.3 Å². The molecule has 1 aliphatic rings. The van der Waals surface area contributed by atoms with Gasteiger partial charge in [-0.25, -0.2) is 9.59 Å². The number of rotatable bonds is 4. The topological polar surface area (TPSA) is 98.3 Å². The summed E-state index contributed by atoms with van der Waals surface area (Å²) < 4.78 is 0. The Balaban J connectivity index is 2.02. The summed E-state index contributed by atoms with van der Waals surface area (Å²) in [7, 11) is 0. The summed E-state index contributed by atoms with van der Waals surface area (Å²) in [6.45, 7) is 4.16. The number of hydrogen-bond donors (Lipinski definition) is 3. The predicted octanol–water partition coefficient (Wildman–Crippen LogP) is 1.17. The Bertz CT molecular complexity index is 505. The highest BCUT2D eigenvalue weighted by Gasteiger charge is 2.40. The van der Waals surface area contributed by atoms with Gasteiger partial charge in [0.1, 0.15) is 6.04 Å². The number of nitrogens with zero attached hydrogens (tertiary/aromatic N) is 2. The van der Waals surface area contributed by atoms with Crippen LogP contribution in [0.2, 0.25) is 0 Å². The van der Waals surface area contributed by atoms with Crippen LogP contribution in [0.5, 0.6) is 0 Å². The molecular formula is C12H18N4O3S. The van der Waals surface area contributed by atoms with Gasteiger partial charge in [-0.15, -0.1) is 11.8 Å². The van der Waals surface area contributed by atoms with Crippen LogP contribution in [0.25, 0.3) is 0 Å². The van der Waals surface area contributed by atoms with E-state index in [1.165, 1.54) is 16.7 Å². The second-order valence-corrected chi connectivity index (χ2v) is 5.85. The lowest BCUT2D eigenvalue weighted by atomic mass is 10.2. The number of H-pyrrole nitrogens is 1. The average molecular weight is 298 g/mol. The summed E-state index contributed by atoms with van der Waals surface area (Å²) in [4.78, 5) is 24.9. The molecule has 1 saturated heterocycles. The van der Waals surface area contributed by atoms with Gasteiger partial charge in [-0.05, 0) is 13.3 Å². The van der Waals surface area contributed by atoms with Crippen LogP contribution in [0.3, 0.4) is 0 Å². The number of carboxylic acids is 1. The molecule has 2 atom stereocenters. The van der Waals surface area contributed by atoms with Crippen molar-refractivity contribution in [2.45, 2.75) is 38.2 Å². The second kappa shape index (κ2) is 6.17. The number of aliphatic carboxylic acids is 1. The number of nitrogens with one attached hydrogen (secondary N) is 2. The molecule has 0 spiro atoms. The molecule has 0 saturated carbocycles. The van der Waals surface area contributed by atoms with Crippen molar-refractivity contribution in [2.75, 3.05) is 5.75 Å². The van der Waals surface area contributed by atoms with Gasteiger partial charge in [0, 0.05) is 23.6 Å². The summed E-state index contributed by atoms with van der Waals surface area (Å²) in [6.07, 6.45) is 2.38. The third-order valence-corrected chi connectivity index (χ3v) is 4.78. The van der Waals surface area contributed by atoms with Gasteiger partial charge in [0.15, 0.2) is 0 Å². The van der Waals surface area contributed by atoms with Crippen LogP contribution >= 0.6 is 11.8 Å². The minimum atomic E-state index is -0.955. The summed E-state index contributed by atoms with van der Waals surface area (Å²) >= 11 is 1.51.